The Morgan fingerprint density at radius 2 is 1.41 bits per heavy atom. The van der Waals surface area contributed by atoms with Crippen molar-refractivity contribution in [3.63, 3.8) is 0 Å². The third-order valence-corrected chi connectivity index (χ3v) is 4.51. The fourth-order valence-corrected chi connectivity index (χ4v) is 2.94. The number of para-hydroxylation sites is 1. The quantitative estimate of drug-likeness (QED) is 0.316. The predicted molar refractivity (Wildman–Crippen MR) is 127 cm³/mol. The van der Waals surface area contributed by atoms with E-state index in [1.807, 2.05) is 91.9 Å². The van der Waals surface area contributed by atoms with Crippen LogP contribution in [0.15, 0.2) is 91.3 Å². The van der Waals surface area contributed by atoms with Crippen molar-refractivity contribution < 1.29 is 9.53 Å². The van der Waals surface area contributed by atoms with Crippen molar-refractivity contribution in [3.8, 4) is 11.5 Å². The molecule has 0 radical (unpaired) electrons. The Balaban J connectivity index is 1.40. The van der Waals surface area contributed by atoms with Crippen molar-refractivity contribution in [2.75, 3.05) is 16.0 Å². The van der Waals surface area contributed by atoms with Gasteiger partial charge in [-0.1, -0.05) is 31.2 Å². The van der Waals surface area contributed by atoms with Crippen LogP contribution in [0.5, 0.6) is 11.5 Å². The van der Waals surface area contributed by atoms with Crippen LogP contribution in [-0.4, -0.2) is 15.9 Å². The molecule has 0 spiro atoms. The van der Waals surface area contributed by atoms with Crippen LogP contribution in [0, 0.1) is 0 Å². The molecule has 1 amide bonds. The van der Waals surface area contributed by atoms with E-state index in [0.29, 0.717) is 18.1 Å². The minimum Gasteiger partial charge on any atom is -0.457 e. The Morgan fingerprint density at radius 1 is 0.750 bits per heavy atom. The number of ether oxygens (including phenoxy) is 1. The van der Waals surface area contributed by atoms with Crippen LogP contribution in [0.4, 0.5) is 28.7 Å². The van der Waals surface area contributed by atoms with E-state index < -0.39 is 0 Å². The zero-order valence-corrected chi connectivity index (χ0v) is 17.6. The minimum absolute atomic E-state index is 0.0316. The normalized spacial score (nSPS) is 10.3. The second-order valence-electron chi connectivity index (χ2n) is 6.96. The summed E-state index contributed by atoms with van der Waals surface area (Å²) in [5.74, 6) is 2.79. The lowest BCUT2D eigenvalue weighted by Crippen LogP contribution is -2.09. The van der Waals surface area contributed by atoms with Gasteiger partial charge in [-0.05, 0) is 54.6 Å². The smallest absolute Gasteiger partial charge is 0.224 e. The fourth-order valence-electron chi connectivity index (χ4n) is 2.94. The van der Waals surface area contributed by atoms with E-state index in [2.05, 4.69) is 25.9 Å². The molecule has 0 unspecified atom stereocenters. The highest BCUT2D eigenvalue weighted by atomic mass is 16.5. The molecule has 32 heavy (non-hydrogen) atoms. The van der Waals surface area contributed by atoms with Gasteiger partial charge in [-0.25, -0.2) is 9.97 Å². The van der Waals surface area contributed by atoms with Crippen LogP contribution >= 0.6 is 0 Å². The summed E-state index contributed by atoms with van der Waals surface area (Å²) < 4.78 is 5.82. The molecule has 1 aromatic heterocycles. The van der Waals surface area contributed by atoms with Crippen molar-refractivity contribution >= 4 is 34.6 Å². The van der Waals surface area contributed by atoms with Crippen molar-refractivity contribution in [1.82, 2.24) is 9.97 Å². The van der Waals surface area contributed by atoms with Gasteiger partial charge in [-0.15, -0.1) is 0 Å². The number of benzene rings is 3. The summed E-state index contributed by atoms with van der Waals surface area (Å²) in [7, 11) is 0. The van der Waals surface area contributed by atoms with Gasteiger partial charge in [-0.3, -0.25) is 4.79 Å². The number of nitrogens with zero attached hydrogens (tertiary/aromatic N) is 2. The minimum atomic E-state index is -0.0316. The number of hydrogen-bond donors (Lipinski definition) is 3. The Hall–Kier alpha value is -4.39. The second kappa shape index (κ2) is 10.1. The first-order valence-electron chi connectivity index (χ1n) is 10.3. The highest BCUT2D eigenvalue weighted by Crippen LogP contribution is 2.25. The van der Waals surface area contributed by atoms with E-state index in [1.165, 1.54) is 6.33 Å². The van der Waals surface area contributed by atoms with Gasteiger partial charge in [0.05, 0.1) is 0 Å². The van der Waals surface area contributed by atoms with Crippen LogP contribution in [0.1, 0.15) is 13.3 Å². The first-order chi connectivity index (χ1) is 15.7. The van der Waals surface area contributed by atoms with Crippen molar-refractivity contribution in [2.24, 2.45) is 0 Å². The van der Waals surface area contributed by atoms with Crippen LogP contribution in [-0.2, 0) is 4.79 Å². The van der Waals surface area contributed by atoms with Crippen LogP contribution in [0.25, 0.3) is 0 Å². The Bertz CT molecular complexity index is 1180. The highest BCUT2D eigenvalue weighted by Gasteiger charge is 2.04. The van der Waals surface area contributed by atoms with Gasteiger partial charge in [-0.2, -0.15) is 0 Å². The third-order valence-electron chi connectivity index (χ3n) is 4.51. The molecule has 0 aliphatic heterocycles. The summed E-state index contributed by atoms with van der Waals surface area (Å²) in [5.41, 5.74) is 2.41. The molecule has 7 nitrogen and oxygen atoms in total. The zero-order chi connectivity index (χ0) is 22.2. The van der Waals surface area contributed by atoms with E-state index >= 15 is 0 Å². The highest BCUT2D eigenvalue weighted by molar-refractivity contribution is 5.91. The van der Waals surface area contributed by atoms with Crippen molar-refractivity contribution in [2.45, 2.75) is 13.3 Å². The third kappa shape index (κ3) is 5.82. The van der Waals surface area contributed by atoms with Gasteiger partial charge in [0.15, 0.2) is 0 Å². The van der Waals surface area contributed by atoms with Gasteiger partial charge < -0.3 is 20.7 Å². The molecule has 0 saturated carbocycles. The van der Waals surface area contributed by atoms with Crippen LogP contribution in [0.3, 0.4) is 0 Å². The maximum Gasteiger partial charge on any atom is 0.224 e. The van der Waals surface area contributed by atoms with Gasteiger partial charge in [0, 0.05) is 29.5 Å². The molecular formula is C25H23N5O2. The maximum atomic E-state index is 11.6. The van der Waals surface area contributed by atoms with Crippen LogP contribution < -0.4 is 20.7 Å². The molecule has 160 valence electrons. The average molecular weight is 425 g/mol. The number of rotatable bonds is 8. The number of anilines is 5. The number of carbonyl (C=O) groups is 1. The first-order valence-corrected chi connectivity index (χ1v) is 10.3. The van der Waals surface area contributed by atoms with E-state index in [0.717, 1.165) is 28.6 Å². The summed E-state index contributed by atoms with van der Waals surface area (Å²) >= 11 is 0. The largest absolute Gasteiger partial charge is 0.457 e. The van der Waals surface area contributed by atoms with E-state index in [-0.39, 0.29) is 5.91 Å². The zero-order valence-electron chi connectivity index (χ0n) is 17.6. The first kappa shape index (κ1) is 20.9. The van der Waals surface area contributed by atoms with Crippen molar-refractivity contribution in [1.29, 1.82) is 0 Å². The molecule has 4 aromatic rings. The summed E-state index contributed by atoms with van der Waals surface area (Å²) in [5, 5.41) is 9.35. The Kier molecular flexibility index (Phi) is 6.57. The summed E-state index contributed by atoms with van der Waals surface area (Å²) in [6.45, 7) is 1.82. The molecule has 1 heterocycles. The lowest BCUT2D eigenvalue weighted by Gasteiger charge is -2.11. The van der Waals surface area contributed by atoms with Gasteiger partial charge in [0.2, 0.25) is 5.91 Å². The molecule has 0 bridgehead atoms. The maximum absolute atomic E-state index is 11.6. The molecule has 0 aliphatic carbocycles. The monoisotopic (exact) mass is 425 g/mol. The molecule has 0 fully saturated rings. The Morgan fingerprint density at radius 3 is 2.12 bits per heavy atom. The number of aromatic nitrogens is 2. The van der Waals surface area contributed by atoms with E-state index in [9.17, 15) is 4.79 Å². The van der Waals surface area contributed by atoms with E-state index in [1.54, 1.807) is 0 Å². The van der Waals surface area contributed by atoms with E-state index in [4.69, 9.17) is 4.74 Å². The van der Waals surface area contributed by atoms with Crippen LogP contribution in [0.2, 0.25) is 0 Å². The number of carbonyl (C=O) groups excluding carboxylic acids is 1. The lowest BCUT2D eigenvalue weighted by atomic mass is 10.2. The Labute approximate surface area is 186 Å². The summed E-state index contributed by atoms with van der Waals surface area (Å²) in [4.78, 5) is 20.2. The fraction of sp³-hybridized carbons (Fsp3) is 0.0800. The molecule has 0 saturated heterocycles. The lowest BCUT2D eigenvalue weighted by molar-refractivity contribution is -0.115. The molecule has 0 aliphatic rings. The average Bonchev–Trinajstić information content (AvgIpc) is 2.81. The molecule has 4 rings (SSSR count). The standard InChI is InChI=1S/C25H23N5O2/c1-2-25(31)30-20-8-6-7-19(15-20)29-24-16-23(26-17-27-24)28-18-11-13-22(14-12-18)32-21-9-4-3-5-10-21/h3-17H,2H2,1H3,(H,30,31)(H2,26,27,28,29). The topological polar surface area (TPSA) is 88.2 Å². The van der Waals surface area contributed by atoms with Gasteiger partial charge >= 0.3 is 0 Å². The van der Waals surface area contributed by atoms with Gasteiger partial charge in [0.25, 0.3) is 0 Å². The SMILES string of the molecule is CCC(=O)Nc1cccc(Nc2cc(Nc3ccc(Oc4ccccc4)cc3)ncn2)c1. The molecule has 3 N–H and O–H groups in total. The molecular weight excluding hydrogens is 402 g/mol. The number of nitrogens with one attached hydrogen (secondary N) is 3. The molecule has 3 aromatic carbocycles. The predicted octanol–water partition coefficient (Wildman–Crippen LogP) is 6.10. The number of amides is 1. The molecule has 7 heteroatoms. The van der Waals surface area contributed by atoms with Gasteiger partial charge in [0.1, 0.15) is 29.5 Å². The number of hydrogen-bond acceptors (Lipinski definition) is 6. The van der Waals surface area contributed by atoms with Crippen molar-refractivity contribution in [3.05, 3.63) is 91.3 Å². The summed E-state index contributed by atoms with van der Waals surface area (Å²) in [6.07, 6.45) is 1.91. The summed E-state index contributed by atoms with van der Waals surface area (Å²) in [6, 6.07) is 26.6. The molecule has 0 atom stereocenters. The second-order valence-corrected chi connectivity index (χ2v) is 6.96.